The van der Waals surface area contributed by atoms with Gasteiger partial charge < -0.3 is 0 Å². The second-order valence-electron chi connectivity index (χ2n) is 9.13. The van der Waals surface area contributed by atoms with Crippen molar-refractivity contribution in [3.05, 3.63) is 168 Å². The summed E-state index contributed by atoms with van der Waals surface area (Å²) < 4.78 is 1.73. The van der Waals surface area contributed by atoms with Crippen LogP contribution in [0.1, 0.15) is 27.8 Å². The quantitative estimate of drug-likeness (QED) is 0.150. The van der Waals surface area contributed by atoms with E-state index in [0.29, 0.717) is 0 Å². The molecule has 0 aliphatic carbocycles. The number of halogens is 1. The van der Waals surface area contributed by atoms with Gasteiger partial charge in [0.1, 0.15) is 6.33 Å². The molecular weight excluding hydrogens is 532 g/mol. The van der Waals surface area contributed by atoms with Gasteiger partial charge in [0.25, 0.3) is 0 Å². The van der Waals surface area contributed by atoms with Gasteiger partial charge in [-0.05, 0) is 49.9 Å². The maximum atomic E-state index is 4.22. The zero-order valence-corrected chi connectivity index (χ0v) is 22.2. The molecule has 4 nitrogen and oxygen atoms in total. The van der Waals surface area contributed by atoms with Gasteiger partial charge in [-0.1, -0.05) is 143 Å². The highest BCUT2D eigenvalue weighted by Crippen LogP contribution is 2.49. The standard InChI is InChI=1S/C33H25BrN4/c34-23-25-20-21-29(30-18-10-11-19-32(30)38-24-35-36-37-38)31(22-25)33(26-12-4-1-5-13-26,27-14-6-2-7-15-27)28-16-8-3-9-17-28/h1-22,24H,23H2. The van der Waals surface area contributed by atoms with Crippen molar-refractivity contribution in [3.63, 3.8) is 0 Å². The van der Waals surface area contributed by atoms with Crippen LogP contribution in [0.3, 0.4) is 0 Å². The van der Waals surface area contributed by atoms with E-state index in [1.165, 1.54) is 27.8 Å². The molecule has 0 unspecified atom stereocenters. The summed E-state index contributed by atoms with van der Waals surface area (Å²) in [5, 5.41) is 12.8. The first kappa shape index (κ1) is 24.0. The fourth-order valence-corrected chi connectivity index (χ4v) is 5.77. The summed E-state index contributed by atoms with van der Waals surface area (Å²) in [6.07, 6.45) is 1.64. The molecule has 0 bridgehead atoms. The fraction of sp³-hybridized carbons (Fsp3) is 0.0606. The highest BCUT2D eigenvalue weighted by molar-refractivity contribution is 9.08. The summed E-state index contributed by atoms with van der Waals surface area (Å²) in [5.41, 5.74) is 8.52. The molecule has 0 fully saturated rings. The van der Waals surface area contributed by atoms with E-state index < -0.39 is 5.41 Å². The summed E-state index contributed by atoms with van der Waals surface area (Å²) in [4.78, 5) is 0. The first-order valence-electron chi connectivity index (χ1n) is 12.5. The average molecular weight is 557 g/mol. The van der Waals surface area contributed by atoms with Crippen LogP contribution in [0.2, 0.25) is 0 Å². The average Bonchev–Trinajstić information content (AvgIpc) is 3.54. The highest BCUT2D eigenvalue weighted by Gasteiger charge is 2.40. The van der Waals surface area contributed by atoms with Crippen LogP contribution < -0.4 is 0 Å². The third kappa shape index (κ3) is 4.15. The Balaban J connectivity index is 1.78. The van der Waals surface area contributed by atoms with E-state index in [0.717, 1.165) is 22.1 Å². The number of benzene rings is 5. The van der Waals surface area contributed by atoms with Crippen molar-refractivity contribution in [1.82, 2.24) is 20.2 Å². The molecule has 0 atom stereocenters. The van der Waals surface area contributed by atoms with Crippen LogP contribution >= 0.6 is 15.9 Å². The molecule has 0 amide bonds. The van der Waals surface area contributed by atoms with E-state index in [9.17, 15) is 0 Å². The van der Waals surface area contributed by atoms with Gasteiger partial charge >= 0.3 is 0 Å². The molecule has 6 rings (SSSR count). The van der Waals surface area contributed by atoms with Crippen molar-refractivity contribution in [2.24, 2.45) is 0 Å². The lowest BCUT2D eigenvalue weighted by atomic mass is 9.63. The van der Waals surface area contributed by atoms with E-state index in [2.05, 4.69) is 159 Å². The number of rotatable bonds is 7. The molecule has 0 radical (unpaired) electrons. The zero-order valence-electron chi connectivity index (χ0n) is 20.7. The normalized spacial score (nSPS) is 11.4. The Morgan fingerprint density at radius 3 is 1.68 bits per heavy atom. The van der Waals surface area contributed by atoms with Gasteiger partial charge in [-0.2, -0.15) is 4.68 Å². The van der Waals surface area contributed by atoms with Crippen LogP contribution in [0.25, 0.3) is 16.8 Å². The molecule has 0 N–H and O–H groups in total. The minimum atomic E-state index is -0.578. The summed E-state index contributed by atoms with van der Waals surface area (Å²) in [6.45, 7) is 0. The van der Waals surface area contributed by atoms with Gasteiger partial charge in [0.2, 0.25) is 0 Å². The first-order valence-corrected chi connectivity index (χ1v) is 13.6. The minimum Gasteiger partial charge on any atom is -0.200 e. The number of hydrogen-bond donors (Lipinski definition) is 0. The van der Waals surface area contributed by atoms with Crippen LogP contribution in [-0.4, -0.2) is 20.2 Å². The monoisotopic (exact) mass is 556 g/mol. The molecule has 1 aromatic heterocycles. The smallest absolute Gasteiger partial charge is 0.143 e. The van der Waals surface area contributed by atoms with Gasteiger partial charge in [0.05, 0.1) is 11.1 Å². The van der Waals surface area contributed by atoms with Crippen molar-refractivity contribution in [1.29, 1.82) is 0 Å². The van der Waals surface area contributed by atoms with Crippen LogP contribution in [0.5, 0.6) is 0 Å². The molecule has 184 valence electrons. The molecule has 0 aliphatic heterocycles. The van der Waals surface area contributed by atoms with Gasteiger partial charge in [-0.3, -0.25) is 0 Å². The molecule has 0 spiro atoms. The SMILES string of the molecule is BrCc1ccc(-c2ccccc2-n2cnnn2)c(C(c2ccccc2)(c2ccccc2)c2ccccc2)c1. The molecule has 0 saturated heterocycles. The Labute approximate surface area is 230 Å². The van der Waals surface area contributed by atoms with Gasteiger partial charge in [-0.25, -0.2) is 0 Å². The molecular formula is C33H25BrN4. The van der Waals surface area contributed by atoms with Gasteiger partial charge in [0, 0.05) is 10.9 Å². The van der Waals surface area contributed by atoms with E-state index in [4.69, 9.17) is 0 Å². The van der Waals surface area contributed by atoms with Crippen LogP contribution in [-0.2, 0) is 10.7 Å². The predicted molar refractivity (Wildman–Crippen MR) is 156 cm³/mol. The summed E-state index contributed by atoms with van der Waals surface area (Å²) >= 11 is 3.72. The van der Waals surface area contributed by atoms with Crippen molar-refractivity contribution < 1.29 is 0 Å². The van der Waals surface area contributed by atoms with Gasteiger partial charge in [0.15, 0.2) is 0 Å². The molecule has 0 saturated carbocycles. The van der Waals surface area contributed by atoms with Crippen molar-refractivity contribution in [2.75, 3.05) is 0 Å². The number of aromatic nitrogens is 4. The Morgan fingerprint density at radius 2 is 1.16 bits per heavy atom. The number of hydrogen-bond acceptors (Lipinski definition) is 3. The van der Waals surface area contributed by atoms with Crippen LogP contribution in [0, 0.1) is 0 Å². The van der Waals surface area contributed by atoms with E-state index >= 15 is 0 Å². The summed E-state index contributed by atoms with van der Waals surface area (Å²) in [5.74, 6) is 0. The van der Waals surface area contributed by atoms with E-state index in [1.807, 2.05) is 6.07 Å². The van der Waals surface area contributed by atoms with Crippen LogP contribution in [0.15, 0.2) is 140 Å². The molecule has 38 heavy (non-hydrogen) atoms. The second kappa shape index (κ2) is 10.6. The maximum Gasteiger partial charge on any atom is 0.143 e. The third-order valence-electron chi connectivity index (χ3n) is 7.05. The summed E-state index contributed by atoms with van der Waals surface area (Å²) in [7, 11) is 0. The lowest BCUT2D eigenvalue weighted by molar-refractivity contribution is 0.745. The zero-order chi connectivity index (χ0) is 25.8. The Hall–Kier alpha value is -4.35. The second-order valence-corrected chi connectivity index (χ2v) is 9.69. The lowest BCUT2D eigenvalue weighted by Crippen LogP contribution is -2.32. The van der Waals surface area contributed by atoms with E-state index in [1.54, 1.807) is 11.0 Å². The predicted octanol–water partition coefficient (Wildman–Crippen LogP) is 7.61. The number of tetrazole rings is 1. The molecule has 0 aliphatic rings. The highest BCUT2D eigenvalue weighted by atomic mass is 79.9. The molecule has 5 heteroatoms. The number of nitrogens with zero attached hydrogens (tertiary/aromatic N) is 4. The molecule has 5 aromatic carbocycles. The van der Waals surface area contributed by atoms with Gasteiger partial charge in [-0.15, -0.1) is 5.10 Å². The number of alkyl halides is 1. The Kier molecular flexibility index (Phi) is 6.67. The van der Waals surface area contributed by atoms with Crippen molar-refractivity contribution in [2.45, 2.75) is 10.7 Å². The Bertz CT molecular complexity index is 1540. The van der Waals surface area contributed by atoms with E-state index in [-0.39, 0.29) is 0 Å². The Morgan fingerprint density at radius 1 is 0.605 bits per heavy atom. The maximum absolute atomic E-state index is 4.22. The van der Waals surface area contributed by atoms with Crippen molar-refractivity contribution in [3.8, 4) is 16.8 Å². The van der Waals surface area contributed by atoms with Crippen molar-refractivity contribution >= 4 is 15.9 Å². The first-order chi connectivity index (χ1) is 18.8. The summed E-state index contributed by atoms with van der Waals surface area (Å²) in [6, 6.07) is 47.4. The van der Waals surface area contributed by atoms with Crippen LogP contribution in [0.4, 0.5) is 0 Å². The topological polar surface area (TPSA) is 43.6 Å². The minimum absolute atomic E-state index is 0.578. The fourth-order valence-electron chi connectivity index (χ4n) is 5.42. The molecule has 1 heterocycles. The lowest BCUT2D eigenvalue weighted by Gasteiger charge is -2.38. The third-order valence-corrected chi connectivity index (χ3v) is 7.70. The molecule has 6 aromatic rings. The largest absolute Gasteiger partial charge is 0.200 e. The number of para-hydroxylation sites is 1.